The SMILES string of the molecule is C=CC(=O)N1C[C@H](O)[C@H](NCC)C1. The minimum Gasteiger partial charge on any atom is -0.390 e. The highest BCUT2D eigenvalue weighted by atomic mass is 16.3. The van der Waals surface area contributed by atoms with Gasteiger partial charge in [0.2, 0.25) is 5.91 Å². The zero-order chi connectivity index (χ0) is 9.84. The van der Waals surface area contributed by atoms with E-state index in [1.165, 1.54) is 6.08 Å². The van der Waals surface area contributed by atoms with Gasteiger partial charge in [-0.15, -0.1) is 0 Å². The number of likely N-dealkylation sites (N-methyl/N-ethyl adjacent to an activating group) is 1. The summed E-state index contributed by atoms with van der Waals surface area (Å²) in [5, 5.41) is 12.7. The standard InChI is InChI=1S/C9H16N2O2/c1-3-9(13)11-5-7(10-4-2)8(12)6-11/h3,7-8,10,12H,1,4-6H2,2H3/t7-,8+/m1/s1. The molecule has 1 rings (SSSR count). The van der Waals surface area contributed by atoms with Crippen molar-refractivity contribution < 1.29 is 9.90 Å². The first-order valence-electron chi connectivity index (χ1n) is 4.51. The number of hydrogen-bond donors (Lipinski definition) is 2. The molecule has 0 aromatic heterocycles. The minimum atomic E-state index is -0.455. The molecule has 2 atom stereocenters. The fourth-order valence-corrected chi connectivity index (χ4v) is 1.56. The van der Waals surface area contributed by atoms with Crippen LogP contribution in [0.5, 0.6) is 0 Å². The maximum atomic E-state index is 11.2. The van der Waals surface area contributed by atoms with Crippen LogP contribution in [0.15, 0.2) is 12.7 Å². The molecular formula is C9H16N2O2. The summed E-state index contributed by atoms with van der Waals surface area (Å²) in [5.74, 6) is -0.112. The van der Waals surface area contributed by atoms with Gasteiger partial charge in [0.05, 0.1) is 12.1 Å². The van der Waals surface area contributed by atoms with E-state index in [1.54, 1.807) is 4.90 Å². The summed E-state index contributed by atoms with van der Waals surface area (Å²) in [4.78, 5) is 12.8. The summed E-state index contributed by atoms with van der Waals surface area (Å²) in [6.45, 7) is 7.16. The fourth-order valence-electron chi connectivity index (χ4n) is 1.56. The van der Waals surface area contributed by atoms with E-state index in [4.69, 9.17) is 0 Å². The highest BCUT2D eigenvalue weighted by Gasteiger charge is 2.32. The van der Waals surface area contributed by atoms with Crippen LogP contribution in [0.4, 0.5) is 0 Å². The molecule has 1 amide bonds. The van der Waals surface area contributed by atoms with E-state index in [2.05, 4.69) is 11.9 Å². The van der Waals surface area contributed by atoms with Gasteiger partial charge in [0, 0.05) is 13.1 Å². The van der Waals surface area contributed by atoms with E-state index >= 15 is 0 Å². The van der Waals surface area contributed by atoms with Crippen molar-refractivity contribution in [3.63, 3.8) is 0 Å². The number of aliphatic hydroxyl groups is 1. The van der Waals surface area contributed by atoms with Crippen LogP contribution in [-0.4, -0.2) is 47.7 Å². The summed E-state index contributed by atoms with van der Waals surface area (Å²) in [5.41, 5.74) is 0. The van der Waals surface area contributed by atoms with E-state index in [1.807, 2.05) is 6.92 Å². The predicted octanol–water partition coefficient (Wildman–Crippen LogP) is -0.646. The van der Waals surface area contributed by atoms with E-state index in [0.29, 0.717) is 13.1 Å². The second-order valence-electron chi connectivity index (χ2n) is 3.18. The van der Waals surface area contributed by atoms with Crippen molar-refractivity contribution in [2.24, 2.45) is 0 Å². The van der Waals surface area contributed by atoms with Crippen LogP contribution in [0.2, 0.25) is 0 Å². The molecule has 74 valence electrons. The number of rotatable bonds is 3. The fraction of sp³-hybridized carbons (Fsp3) is 0.667. The van der Waals surface area contributed by atoms with Crippen molar-refractivity contribution in [2.45, 2.75) is 19.1 Å². The summed E-state index contributed by atoms with van der Waals surface area (Å²) >= 11 is 0. The van der Waals surface area contributed by atoms with Crippen LogP contribution < -0.4 is 5.32 Å². The molecule has 0 unspecified atom stereocenters. The number of carbonyl (C=O) groups excluding carboxylic acids is 1. The van der Waals surface area contributed by atoms with Gasteiger partial charge in [0.15, 0.2) is 0 Å². The Kier molecular flexibility index (Phi) is 3.45. The average molecular weight is 184 g/mol. The maximum absolute atomic E-state index is 11.2. The second kappa shape index (κ2) is 4.39. The van der Waals surface area contributed by atoms with Crippen LogP contribution >= 0.6 is 0 Å². The number of amides is 1. The molecule has 13 heavy (non-hydrogen) atoms. The van der Waals surface area contributed by atoms with Crippen LogP contribution in [0.25, 0.3) is 0 Å². The molecule has 0 saturated carbocycles. The summed E-state index contributed by atoms with van der Waals surface area (Å²) < 4.78 is 0. The van der Waals surface area contributed by atoms with Crippen molar-refractivity contribution in [3.8, 4) is 0 Å². The van der Waals surface area contributed by atoms with Crippen molar-refractivity contribution >= 4 is 5.91 Å². The van der Waals surface area contributed by atoms with Gasteiger partial charge < -0.3 is 15.3 Å². The van der Waals surface area contributed by atoms with E-state index in [9.17, 15) is 9.90 Å². The first-order valence-corrected chi connectivity index (χ1v) is 4.51. The van der Waals surface area contributed by atoms with Gasteiger partial charge in [0.25, 0.3) is 0 Å². The quantitative estimate of drug-likeness (QED) is 0.573. The van der Waals surface area contributed by atoms with Crippen molar-refractivity contribution in [1.29, 1.82) is 0 Å². The van der Waals surface area contributed by atoms with Gasteiger partial charge in [-0.1, -0.05) is 13.5 Å². The minimum absolute atomic E-state index is 0.00824. The van der Waals surface area contributed by atoms with E-state index in [0.717, 1.165) is 6.54 Å². The van der Waals surface area contributed by atoms with Crippen molar-refractivity contribution in [1.82, 2.24) is 10.2 Å². The van der Waals surface area contributed by atoms with Crippen LogP contribution in [0.1, 0.15) is 6.92 Å². The summed E-state index contributed by atoms with van der Waals surface area (Å²) in [6.07, 6.45) is 0.824. The number of likely N-dealkylation sites (tertiary alicyclic amines) is 1. The average Bonchev–Trinajstić information content (AvgIpc) is 2.47. The lowest BCUT2D eigenvalue weighted by molar-refractivity contribution is -0.125. The zero-order valence-corrected chi connectivity index (χ0v) is 7.86. The van der Waals surface area contributed by atoms with Gasteiger partial charge >= 0.3 is 0 Å². The molecule has 4 heteroatoms. The number of hydrogen-bond acceptors (Lipinski definition) is 3. The van der Waals surface area contributed by atoms with Gasteiger partial charge in [-0.2, -0.15) is 0 Å². The smallest absolute Gasteiger partial charge is 0.246 e. The number of β-amino-alcohol motifs (C(OH)–C–C–N with tert-alkyl or cyclic N) is 1. The van der Waals surface area contributed by atoms with E-state index in [-0.39, 0.29) is 11.9 Å². The lowest BCUT2D eigenvalue weighted by atomic mass is 10.2. The molecular weight excluding hydrogens is 168 g/mol. The van der Waals surface area contributed by atoms with Gasteiger partial charge in [-0.3, -0.25) is 4.79 Å². The Labute approximate surface area is 78.2 Å². The molecule has 0 aromatic carbocycles. The lowest BCUT2D eigenvalue weighted by Crippen LogP contribution is -2.39. The van der Waals surface area contributed by atoms with Gasteiger partial charge in [-0.25, -0.2) is 0 Å². The van der Waals surface area contributed by atoms with Crippen LogP contribution in [0, 0.1) is 0 Å². The molecule has 0 spiro atoms. The molecule has 0 radical (unpaired) electrons. The van der Waals surface area contributed by atoms with Crippen molar-refractivity contribution in [3.05, 3.63) is 12.7 Å². The molecule has 1 aliphatic rings. The summed E-state index contributed by atoms with van der Waals surface area (Å²) in [7, 11) is 0. The molecule has 2 N–H and O–H groups in total. The normalized spacial score (nSPS) is 27.7. The Morgan fingerprint density at radius 1 is 1.77 bits per heavy atom. The van der Waals surface area contributed by atoms with Gasteiger partial charge in [-0.05, 0) is 12.6 Å². The third-order valence-electron chi connectivity index (χ3n) is 2.24. The van der Waals surface area contributed by atoms with Gasteiger partial charge in [0.1, 0.15) is 0 Å². The third kappa shape index (κ3) is 2.29. The topological polar surface area (TPSA) is 52.6 Å². The molecule has 1 fully saturated rings. The Morgan fingerprint density at radius 3 is 3.00 bits per heavy atom. The zero-order valence-electron chi connectivity index (χ0n) is 7.86. The Hall–Kier alpha value is -0.870. The Balaban J connectivity index is 2.49. The summed E-state index contributed by atoms with van der Waals surface area (Å²) in [6, 6.07) is 0.00824. The van der Waals surface area contributed by atoms with E-state index < -0.39 is 6.10 Å². The predicted molar refractivity (Wildman–Crippen MR) is 50.2 cm³/mol. The lowest BCUT2D eigenvalue weighted by Gasteiger charge is -2.14. The second-order valence-corrected chi connectivity index (χ2v) is 3.18. The third-order valence-corrected chi connectivity index (χ3v) is 2.24. The molecule has 1 heterocycles. The van der Waals surface area contributed by atoms with Crippen LogP contribution in [-0.2, 0) is 4.79 Å². The molecule has 1 saturated heterocycles. The highest BCUT2D eigenvalue weighted by Crippen LogP contribution is 2.10. The number of aliphatic hydroxyl groups excluding tert-OH is 1. The Morgan fingerprint density at radius 2 is 2.46 bits per heavy atom. The molecule has 4 nitrogen and oxygen atoms in total. The number of carbonyl (C=O) groups is 1. The Bertz CT molecular complexity index is 206. The van der Waals surface area contributed by atoms with Crippen LogP contribution in [0.3, 0.4) is 0 Å². The molecule has 0 aromatic rings. The highest BCUT2D eigenvalue weighted by molar-refractivity contribution is 5.87. The number of nitrogens with zero attached hydrogens (tertiary/aromatic N) is 1. The van der Waals surface area contributed by atoms with Crippen molar-refractivity contribution in [2.75, 3.05) is 19.6 Å². The first kappa shape index (κ1) is 10.2. The first-order chi connectivity index (χ1) is 6.19. The largest absolute Gasteiger partial charge is 0.390 e. The maximum Gasteiger partial charge on any atom is 0.246 e. The monoisotopic (exact) mass is 184 g/mol. The molecule has 1 aliphatic heterocycles. The number of nitrogens with one attached hydrogen (secondary N) is 1. The molecule has 0 bridgehead atoms. The molecule has 0 aliphatic carbocycles.